The molecule has 3 N–H and O–H groups in total. The minimum atomic E-state index is -4.50. The summed E-state index contributed by atoms with van der Waals surface area (Å²) in [6.45, 7) is 0. The second kappa shape index (κ2) is 7.67. The molecule has 144 valence electrons. The summed E-state index contributed by atoms with van der Waals surface area (Å²) in [4.78, 5) is 28.6. The first-order valence-electron chi connectivity index (χ1n) is 8.36. The molecule has 0 saturated heterocycles. The number of nitrogens with one attached hydrogen (secondary N) is 1. The Morgan fingerprint density at radius 3 is 2.50 bits per heavy atom. The third-order valence-electron chi connectivity index (χ3n) is 4.22. The van der Waals surface area contributed by atoms with E-state index in [-0.39, 0.29) is 17.5 Å². The van der Waals surface area contributed by atoms with E-state index >= 15 is 0 Å². The Morgan fingerprint density at radius 2 is 1.79 bits per heavy atom. The highest BCUT2D eigenvalue weighted by Gasteiger charge is 2.31. The summed E-state index contributed by atoms with van der Waals surface area (Å²) >= 11 is 0. The Morgan fingerprint density at radius 1 is 1.07 bits per heavy atom. The van der Waals surface area contributed by atoms with Crippen molar-refractivity contribution in [3.63, 3.8) is 0 Å². The lowest BCUT2D eigenvalue weighted by Gasteiger charge is -2.17. The molecule has 0 aliphatic heterocycles. The van der Waals surface area contributed by atoms with E-state index in [9.17, 15) is 22.8 Å². The number of pyridine rings is 1. The molecule has 0 aliphatic rings. The number of primary amides is 1. The molecule has 0 bridgehead atoms. The molecule has 8 heteroatoms. The molecule has 0 fully saturated rings. The molecule has 0 spiro atoms. The van der Waals surface area contributed by atoms with Crippen molar-refractivity contribution in [1.82, 2.24) is 10.3 Å². The van der Waals surface area contributed by atoms with Gasteiger partial charge >= 0.3 is 6.18 Å². The summed E-state index contributed by atoms with van der Waals surface area (Å²) in [7, 11) is 0. The van der Waals surface area contributed by atoms with Gasteiger partial charge in [0.05, 0.1) is 16.6 Å². The molecule has 1 heterocycles. The molecule has 1 aromatic heterocycles. The van der Waals surface area contributed by atoms with Crippen molar-refractivity contribution in [3.8, 4) is 0 Å². The molecule has 0 unspecified atom stereocenters. The number of para-hydroxylation sites is 1. The number of rotatable bonds is 5. The minimum Gasteiger partial charge on any atom is -0.368 e. The van der Waals surface area contributed by atoms with Gasteiger partial charge in [-0.05, 0) is 23.8 Å². The van der Waals surface area contributed by atoms with Crippen LogP contribution in [0, 0.1) is 0 Å². The van der Waals surface area contributed by atoms with Crippen LogP contribution in [-0.2, 0) is 17.4 Å². The summed E-state index contributed by atoms with van der Waals surface area (Å²) in [5.41, 5.74) is 5.44. The molecular weight excluding hydrogens is 371 g/mol. The van der Waals surface area contributed by atoms with Gasteiger partial charge in [-0.2, -0.15) is 13.2 Å². The van der Waals surface area contributed by atoms with E-state index in [1.165, 1.54) is 18.3 Å². The SMILES string of the molecule is NC(=O)[C@H](Cc1cccc(C(F)(F)F)c1)NC(=O)c1cccc2cccnc12. The second-order valence-electron chi connectivity index (χ2n) is 6.21. The van der Waals surface area contributed by atoms with Crippen molar-refractivity contribution in [2.24, 2.45) is 5.73 Å². The minimum absolute atomic E-state index is 0.164. The van der Waals surface area contributed by atoms with Gasteiger partial charge in [-0.15, -0.1) is 0 Å². The summed E-state index contributed by atoms with van der Waals surface area (Å²) in [6.07, 6.45) is -3.13. The summed E-state index contributed by atoms with van der Waals surface area (Å²) in [6, 6.07) is 11.9. The zero-order valence-electron chi connectivity index (χ0n) is 14.5. The average Bonchev–Trinajstić information content (AvgIpc) is 2.66. The first kappa shape index (κ1) is 19.3. The number of carbonyl (C=O) groups is 2. The maximum absolute atomic E-state index is 12.9. The highest BCUT2D eigenvalue weighted by Crippen LogP contribution is 2.29. The number of fused-ring (bicyclic) bond motifs is 1. The molecule has 2 aromatic carbocycles. The predicted octanol–water partition coefficient (Wildman–Crippen LogP) is 3.08. The third-order valence-corrected chi connectivity index (χ3v) is 4.22. The zero-order valence-corrected chi connectivity index (χ0v) is 14.5. The fraction of sp³-hybridized carbons (Fsp3) is 0.150. The molecule has 5 nitrogen and oxygen atoms in total. The Hall–Kier alpha value is -3.42. The van der Waals surface area contributed by atoms with Crippen LogP contribution < -0.4 is 11.1 Å². The number of nitrogens with zero attached hydrogens (tertiary/aromatic N) is 1. The number of benzene rings is 2. The van der Waals surface area contributed by atoms with E-state index in [0.717, 1.165) is 17.5 Å². The van der Waals surface area contributed by atoms with Crippen LogP contribution >= 0.6 is 0 Å². The lowest BCUT2D eigenvalue weighted by atomic mass is 10.0. The van der Waals surface area contributed by atoms with Crippen LogP contribution in [0.25, 0.3) is 10.9 Å². The molecule has 1 atom stereocenters. The Labute approximate surface area is 158 Å². The van der Waals surface area contributed by atoms with Crippen LogP contribution in [-0.4, -0.2) is 22.8 Å². The maximum Gasteiger partial charge on any atom is 0.416 e. The maximum atomic E-state index is 12.9. The van der Waals surface area contributed by atoms with E-state index < -0.39 is 29.6 Å². The van der Waals surface area contributed by atoms with Crippen LogP contribution in [0.3, 0.4) is 0 Å². The van der Waals surface area contributed by atoms with Crippen molar-refractivity contribution in [1.29, 1.82) is 0 Å². The number of amides is 2. The molecule has 0 aliphatic carbocycles. The van der Waals surface area contributed by atoms with E-state index in [2.05, 4.69) is 10.3 Å². The van der Waals surface area contributed by atoms with Gasteiger partial charge in [0.1, 0.15) is 6.04 Å². The number of nitrogens with two attached hydrogens (primary N) is 1. The van der Waals surface area contributed by atoms with Gasteiger partial charge in [-0.1, -0.05) is 36.4 Å². The topological polar surface area (TPSA) is 85.1 Å². The Bertz CT molecular complexity index is 1030. The van der Waals surface area contributed by atoms with E-state index in [4.69, 9.17) is 5.73 Å². The van der Waals surface area contributed by atoms with Gasteiger partial charge in [0, 0.05) is 18.0 Å². The molecule has 3 rings (SSSR count). The quantitative estimate of drug-likeness (QED) is 0.706. The van der Waals surface area contributed by atoms with Crippen molar-refractivity contribution in [2.45, 2.75) is 18.6 Å². The molecular formula is C20H16F3N3O2. The molecule has 3 aromatic rings. The number of alkyl halides is 3. The van der Waals surface area contributed by atoms with E-state index in [1.807, 2.05) is 0 Å². The summed E-state index contributed by atoms with van der Waals surface area (Å²) in [5.74, 6) is -1.43. The monoisotopic (exact) mass is 387 g/mol. The van der Waals surface area contributed by atoms with Crippen molar-refractivity contribution >= 4 is 22.7 Å². The van der Waals surface area contributed by atoms with Crippen LogP contribution in [0.1, 0.15) is 21.5 Å². The normalized spacial score (nSPS) is 12.5. The highest BCUT2D eigenvalue weighted by atomic mass is 19.4. The number of carbonyl (C=O) groups excluding carboxylic acids is 2. The van der Waals surface area contributed by atoms with Crippen molar-refractivity contribution < 1.29 is 22.8 Å². The standard InChI is InChI=1S/C20H16F3N3O2/c21-20(22,23)14-7-1-4-12(10-14)11-16(18(24)27)26-19(28)15-8-2-5-13-6-3-9-25-17(13)15/h1-10,16H,11H2,(H2,24,27)(H,26,28)/t16-/m0/s1. The van der Waals surface area contributed by atoms with Gasteiger partial charge in [0.15, 0.2) is 0 Å². The van der Waals surface area contributed by atoms with Gasteiger partial charge in [0.2, 0.25) is 5.91 Å². The summed E-state index contributed by atoms with van der Waals surface area (Å²) < 4.78 is 38.6. The number of halogens is 3. The van der Waals surface area contributed by atoms with Gasteiger partial charge in [-0.25, -0.2) is 0 Å². The zero-order chi connectivity index (χ0) is 20.3. The fourth-order valence-electron chi connectivity index (χ4n) is 2.86. The Kier molecular flexibility index (Phi) is 5.30. The molecule has 0 radical (unpaired) electrons. The first-order valence-corrected chi connectivity index (χ1v) is 8.36. The van der Waals surface area contributed by atoms with E-state index in [1.54, 1.807) is 30.3 Å². The van der Waals surface area contributed by atoms with Crippen LogP contribution in [0.2, 0.25) is 0 Å². The Balaban J connectivity index is 1.84. The van der Waals surface area contributed by atoms with Crippen LogP contribution in [0.5, 0.6) is 0 Å². The predicted molar refractivity (Wildman–Crippen MR) is 97.3 cm³/mol. The largest absolute Gasteiger partial charge is 0.416 e. The number of hydrogen-bond donors (Lipinski definition) is 2. The van der Waals surface area contributed by atoms with Gasteiger partial charge in [-0.3, -0.25) is 14.6 Å². The molecule has 2 amide bonds. The lowest BCUT2D eigenvalue weighted by molar-refractivity contribution is -0.137. The third kappa shape index (κ3) is 4.28. The van der Waals surface area contributed by atoms with Crippen LogP contribution in [0.4, 0.5) is 13.2 Å². The van der Waals surface area contributed by atoms with Gasteiger partial charge < -0.3 is 11.1 Å². The lowest BCUT2D eigenvalue weighted by Crippen LogP contribution is -2.46. The smallest absolute Gasteiger partial charge is 0.368 e. The average molecular weight is 387 g/mol. The van der Waals surface area contributed by atoms with Crippen molar-refractivity contribution in [3.05, 3.63) is 77.5 Å². The number of hydrogen-bond acceptors (Lipinski definition) is 3. The second-order valence-corrected chi connectivity index (χ2v) is 6.21. The fourth-order valence-corrected chi connectivity index (χ4v) is 2.86. The van der Waals surface area contributed by atoms with Crippen molar-refractivity contribution in [2.75, 3.05) is 0 Å². The van der Waals surface area contributed by atoms with Gasteiger partial charge in [0.25, 0.3) is 5.91 Å². The molecule has 28 heavy (non-hydrogen) atoms. The first-order chi connectivity index (χ1) is 13.3. The summed E-state index contributed by atoms with van der Waals surface area (Å²) in [5, 5.41) is 3.24. The van der Waals surface area contributed by atoms with E-state index in [0.29, 0.717) is 5.52 Å². The molecule has 0 saturated carbocycles. The van der Waals surface area contributed by atoms with Crippen LogP contribution in [0.15, 0.2) is 60.8 Å². The number of aromatic nitrogens is 1. The highest BCUT2D eigenvalue weighted by molar-refractivity contribution is 6.06.